The van der Waals surface area contributed by atoms with Gasteiger partial charge in [-0.1, -0.05) is 0 Å². The maximum atomic E-state index is 14.2. The molecule has 0 aliphatic carbocycles. The summed E-state index contributed by atoms with van der Waals surface area (Å²) in [5, 5.41) is 11.7. The first kappa shape index (κ1) is 16.6. The van der Waals surface area contributed by atoms with E-state index in [-0.39, 0.29) is 23.1 Å². The molecule has 1 aromatic carbocycles. The summed E-state index contributed by atoms with van der Waals surface area (Å²) in [7, 11) is 0. The third-order valence-electron chi connectivity index (χ3n) is 4.12. The molecule has 1 amide bonds. The third kappa shape index (κ3) is 3.66. The van der Waals surface area contributed by atoms with Crippen LogP contribution in [0.15, 0.2) is 30.6 Å². The highest BCUT2D eigenvalue weighted by Gasteiger charge is 2.25. The van der Waals surface area contributed by atoms with E-state index in [9.17, 15) is 9.18 Å². The molecule has 0 unspecified atom stereocenters. The Bertz CT molecular complexity index is 834. The van der Waals surface area contributed by atoms with Crippen molar-refractivity contribution in [3.63, 3.8) is 0 Å². The van der Waals surface area contributed by atoms with Crippen LogP contribution in [0, 0.1) is 17.1 Å². The van der Waals surface area contributed by atoms with Crippen molar-refractivity contribution in [3.8, 4) is 6.07 Å². The normalized spacial score (nSPS) is 17.0. The van der Waals surface area contributed by atoms with E-state index >= 15 is 0 Å². The lowest BCUT2D eigenvalue weighted by Gasteiger charge is -2.34. The fourth-order valence-corrected chi connectivity index (χ4v) is 2.92. The number of halogens is 1. The number of nitrogen functional groups attached to an aromatic ring is 1. The first-order valence-corrected chi connectivity index (χ1v) is 7.90. The van der Waals surface area contributed by atoms with Crippen molar-refractivity contribution >= 4 is 17.4 Å². The number of amides is 1. The Kier molecular flexibility index (Phi) is 4.75. The lowest BCUT2D eigenvalue weighted by molar-refractivity contribution is 0.0929. The molecule has 0 radical (unpaired) electrons. The Morgan fingerprint density at radius 1 is 1.40 bits per heavy atom. The van der Waals surface area contributed by atoms with Gasteiger partial charge in [-0.05, 0) is 31.0 Å². The van der Waals surface area contributed by atoms with E-state index in [1.807, 2.05) is 11.0 Å². The number of carbonyl (C=O) groups excluding carboxylic acids is 1. The van der Waals surface area contributed by atoms with Gasteiger partial charge in [0.05, 0.1) is 17.3 Å². The van der Waals surface area contributed by atoms with Gasteiger partial charge in [-0.15, -0.1) is 0 Å². The summed E-state index contributed by atoms with van der Waals surface area (Å²) in [5.41, 5.74) is 6.47. The van der Waals surface area contributed by atoms with Crippen LogP contribution in [-0.2, 0) is 0 Å². The molecule has 1 aliphatic heterocycles. The topological polar surface area (TPSA) is 108 Å². The van der Waals surface area contributed by atoms with Gasteiger partial charge >= 0.3 is 0 Å². The molecular weight excluding hydrogens is 323 g/mol. The maximum absolute atomic E-state index is 14.2. The summed E-state index contributed by atoms with van der Waals surface area (Å²) in [6.07, 6.45) is 4.41. The summed E-state index contributed by atoms with van der Waals surface area (Å²) in [5.74, 6) is -0.757. The number of nitrogens with two attached hydrogens (primary N) is 1. The van der Waals surface area contributed by atoms with Crippen LogP contribution >= 0.6 is 0 Å². The van der Waals surface area contributed by atoms with Crippen LogP contribution in [0.5, 0.6) is 0 Å². The lowest BCUT2D eigenvalue weighted by Crippen LogP contribution is -2.48. The fraction of sp³-hybridized carbons (Fsp3) is 0.294. The smallest absolute Gasteiger partial charge is 0.273 e. The highest BCUT2D eigenvalue weighted by atomic mass is 19.1. The Morgan fingerprint density at radius 2 is 2.20 bits per heavy atom. The SMILES string of the molecule is N#Cc1ccc(N2CCC[C@H](NC(=O)c3nccnc3N)C2)c(F)c1. The van der Waals surface area contributed by atoms with Crippen LogP contribution in [0.2, 0.25) is 0 Å². The number of nitriles is 1. The van der Waals surface area contributed by atoms with E-state index in [4.69, 9.17) is 11.0 Å². The van der Waals surface area contributed by atoms with Crippen LogP contribution in [0.1, 0.15) is 28.9 Å². The average molecular weight is 340 g/mol. The van der Waals surface area contributed by atoms with E-state index in [2.05, 4.69) is 15.3 Å². The van der Waals surface area contributed by atoms with Crippen LogP contribution in [0.25, 0.3) is 0 Å². The number of nitrogens with one attached hydrogen (secondary N) is 1. The van der Waals surface area contributed by atoms with Crippen molar-refractivity contribution in [2.45, 2.75) is 18.9 Å². The van der Waals surface area contributed by atoms with Crippen molar-refractivity contribution in [3.05, 3.63) is 47.7 Å². The highest BCUT2D eigenvalue weighted by Crippen LogP contribution is 2.24. The standard InChI is InChI=1S/C17H17FN6O/c18-13-8-11(9-19)3-4-14(13)24-7-1-2-12(10-24)23-17(25)15-16(20)22-6-5-21-15/h3-6,8,12H,1-2,7,10H2,(H2,20,22)(H,23,25)/t12-/m0/s1. The maximum Gasteiger partial charge on any atom is 0.273 e. The molecule has 2 aromatic rings. The molecule has 0 spiro atoms. The molecule has 3 rings (SSSR count). The second-order valence-corrected chi connectivity index (χ2v) is 5.83. The van der Waals surface area contributed by atoms with Gasteiger partial charge in [0.1, 0.15) is 5.82 Å². The molecule has 1 aromatic heterocycles. The van der Waals surface area contributed by atoms with Gasteiger partial charge in [0.2, 0.25) is 0 Å². The van der Waals surface area contributed by atoms with Crippen molar-refractivity contribution in [2.75, 3.05) is 23.7 Å². The van der Waals surface area contributed by atoms with E-state index in [0.717, 1.165) is 12.8 Å². The predicted octanol–water partition coefficient (Wildman–Crippen LogP) is 1.47. The number of aromatic nitrogens is 2. The number of benzene rings is 1. The quantitative estimate of drug-likeness (QED) is 0.876. The molecule has 0 bridgehead atoms. The summed E-state index contributed by atoms with van der Waals surface area (Å²) >= 11 is 0. The van der Waals surface area contributed by atoms with Gasteiger partial charge in [0.25, 0.3) is 5.91 Å². The lowest BCUT2D eigenvalue weighted by atomic mass is 10.0. The average Bonchev–Trinajstić information content (AvgIpc) is 2.62. The predicted molar refractivity (Wildman–Crippen MR) is 90.3 cm³/mol. The van der Waals surface area contributed by atoms with Crippen molar-refractivity contribution in [1.29, 1.82) is 5.26 Å². The summed E-state index contributed by atoms with van der Waals surface area (Å²) in [6, 6.07) is 6.16. The summed E-state index contributed by atoms with van der Waals surface area (Å²) in [6.45, 7) is 1.15. The van der Waals surface area contributed by atoms with Gasteiger partial charge < -0.3 is 16.0 Å². The van der Waals surface area contributed by atoms with E-state index in [1.165, 1.54) is 18.5 Å². The third-order valence-corrected chi connectivity index (χ3v) is 4.12. The number of hydrogen-bond donors (Lipinski definition) is 2. The Balaban J connectivity index is 1.70. The Morgan fingerprint density at radius 3 is 2.92 bits per heavy atom. The minimum atomic E-state index is -0.441. The van der Waals surface area contributed by atoms with E-state index in [0.29, 0.717) is 18.8 Å². The molecular formula is C17H17FN6O. The van der Waals surface area contributed by atoms with Crippen LogP contribution in [-0.4, -0.2) is 35.0 Å². The summed E-state index contributed by atoms with van der Waals surface area (Å²) < 4.78 is 14.2. The number of carbonyl (C=O) groups is 1. The van der Waals surface area contributed by atoms with Crippen molar-refractivity contribution < 1.29 is 9.18 Å². The second kappa shape index (κ2) is 7.13. The number of rotatable bonds is 3. The zero-order valence-electron chi connectivity index (χ0n) is 13.4. The first-order chi connectivity index (χ1) is 12.1. The molecule has 25 heavy (non-hydrogen) atoms. The zero-order valence-corrected chi connectivity index (χ0v) is 13.4. The molecule has 128 valence electrons. The minimum Gasteiger partial charge on any atom is -0.382 e. The molecule has 1 atom stereocenters. The highest BCUT2D eigenvalue weighted by molar-refractivity contribution is 5.96. The van der Waals surface area contributed by atoms with E-state index < -0.39 is 11.7 Å². The number of anilines is 2. The Hall–Kier alpha value is -3.21. The van der Waals surface area contributed by atoms with Gasteiger partial charge in [-0.2, -0.15) is 5.26 Å². The molecule has 3 N–H and O–H groups in total. The molecule has 7 nitrogen and oxygen atoms in total. The van der Waals surface area contributed by atoms with E-state index in [1.54, 1.807) is 12.1 Å². The largest absolute Gasteiger partial charge is 0.382 e. The van der Waals surface area contributed by atoms with Crippen LogP contribution < -0.4 is 16.0 Å². The molecule has 0 saturated carbocycles. The van der Waals surface area contributed by atoms with Gasteiger partial charge in [0, 0.05) is 31.5 Å². The number of piperidine rings is 1. The van der Waals surface area contributed by atoms with Crippen molar-refractivity contribution in [2.24, 2.45) is 0 Å². The monoisotopic (exact) mass is 340 g/mol. The number of nitrogens with zero attached hydrogens (tertiary/aromatic N) is 4. The van der Waals surface area contributed by atoms with Crippen molar-refractivity contribution in [1.82, 2.24) is 15.3 Å². The molecule has 8 heteroatoms. The minimum absolute atomic E-state index is 0.0748. The second-order valence-electron chi connectivity index (χ2n) is 5.83. The van der Waals surface area contributed by atoms with Gasteiger partial charge in [-0.25, -0.2) is 14.4 Å². The molecule has 1 aliphatic rings. The van der Waals surface area contributed by atoms with Crippen LogP contribution in [0.3, 0.4) is 0 Å². The molecule has 1 saturated heterocycles. The molecule has 2 heterocycles. The van der Waals surface area contributed by atoms with Crippen LogP contribution in [0.4, 0.5) is 15.9 Å². The first-order valence-electron chi connectivity index (χ1n) is 7.90. The fourth-order valence-electron chi connectivity index (χ4n) is 2.92. The summed E-state index contributed by atoms with van der Waals surface area (Å²) in [4.78, 5) is 22.0. The zero-order chi connectivity index (χ0) is 17.8. The molecule has 1 fully saturated rings. The van der Waals surface area contributed by atoms with Gasteiger partial charge in [-0.3, -0.25) is 4.79 Å². The van der Waals surface area contributed by atoms with Gasteiger partial charge in [0.15, 0.2) is 11.5 Å². The Labute approximate surface area is 144 Å². The number of hydrogen-bond acceptors (Lipinski definition) is 6.